The Hall–Kier alpha value is -1.17. The third kappa shape index (κ3) is 10.0. The quantitative estimate of drug-likeness (QED) is 0.171. The molecule has 0 N–H and O–H groups in total. The summed E-state index contributed by atoms with van der Waals surface area (Å²) in [4.78, 5) is 11.6. The van der Waals surface area contributed by atoms with Crippen LogP contribution in [-0.2, 0) is 13.6 Å². The number of hydrogen-bond acceptors (Lipinski definition) is 3. The first-order chi connectivity index (χ1) is 15.8. The van der Waals surface area contributed by atoms with E-state index in [4.69, 9.17) is 20.5 Å². The van der Waals surface area contributed by atoms with Crippen LogP contribution in [-0.4, -0.2) is 35.6 Å². The normalized spacial score (nSPS) is 13.6. The highest BCUT2D eigenvalue weighted by Gasteiger charge is 2.43. The molecule has 3 nitrogen and oxygen atoms in total. The highest BCUT2D eigenvalue weighted by Crippen LogP contribution is 2.41. The third-order valence-corrected chi connectivity index (χ3v) is 16.9. The van der Waals surface area contributed by atoms with Crippen LogP contribution in [0.1, 0.15) is 66.9 Å². The molecular weight excluding hydrogens is 488 g/mol. The molecule has 0 radical (unpaired) electrons. The van der Waals surface area contributed by atoms with Gasteiger partial charge in [0.25, 0.3) is 0 Å². The Labute approximate surface area is 222 Å². The minimum atomic E-state index is -2.00. The zero-order valence-corrected chi connectivity index (χ0v) is 26.7. The second-order valence-corrected chi connectivity index (χ2v) is 22.8. The Morgan fingerprint density at radius 3 is 1.86 bits per heavy atom. The van der Waals surface area contributed by atoms with Crippen LogP contribution in [0.15, 0.2) is 30.3 Å². The molecule has 0 amide bonds. The van der Waals surface area contributed by atoms with E-state index in [2.05, 4.69) is 91.7 Å². The van der Waals surface area contributed by atoms with Gasteiger partial charge in [-0.3, -0.25) is 4.79 Å². The van der Waals surface area contributed by atoms with Crippen LogP contribution in [0.25, 0.3) is 6.08 Å². The predicted molar refractivity (Wildman–Crippen MR) is 157 cm³/mol. The number of Topliss-reactive ketones (excluding diaryl/α,β-unsaturated/α-hetero) is 1. The molecule has 0 aliphatic carbocycles. The molecule has 0 heterocycles. The van der Waals surface area contributed by atoms with Gasteiger partial charge in [-0.05, 0) is 60.2 Å². The lowest BCUT2D eigenvalue weighted by Crippen LogP contribution is -2.48. The van der Waals surface area contributed by atoms with Crippen molar-refractivity contribution in [3.63, 3.8) is 0 Å². The minimum Gasteiger partial charge on any atom is -0.416 e. The van der Waals surface area contributed by atoms with Crippen LogP contribution in [0, 0.1) is 17.3 Å². The van der Waals surface area contributed by atoms with Crippen LogP contribution in [0.2, 0.25) is 41.3 Å². The van der Waals surface area contributed by atoms with Crippen molar-refractivity contribution in [2.45, 2.75) is 97.6 Å². The topological polar surface area (TPSA) is 35.5 Å². The van der Waals surface area contributed by atoms with Crippen molar-refractivity contribution in [3.8, 4) is 11.8 Å². The summed E-state index contributed by atoms with van der Waals surface area (Å²) in [5, 5.41) is 0.912. The molecule has 0 saturated heterocycles. The summed E-state index contributed by atoms with van der Waals surface area (Å²) in [5.41, 5.74) is 0.610. The van der Waals surface area contributed by atoms with E-state index in [-0.39, 0.29) is 21.3 Å². The molecule has 6 heteroatoms. The fraction of sp³-hybridized carbons (Fsp3) is 0.621. The van der Waals surface area contributed by atoms with Gasteiger partial charge in [0, 0.05) is 37.0 Å². The van der Waals surface area contributed by atoms with Gasteiger partial charge < -0.3 is 8.85 Å². The van der Waals surface area contributed by atoms with Crippen molar-refractivity contribution >= 4 is 40.1 Å². The van der Waals surface area contributed by atoms with Crippen molar-refractivity contribution < 1.29 is 13.6 Å². The molecule has 35 heavy (non-hydrogen) atoms. The smallest absolute Gasteiger partial charge is 0.202 e. The van der Waals surface area contributed by atoms with Gasteiger partial charge in [-0.1, -0.05) is 89.4 Å². The fourth-order valence-electron chi connectivity index (χ4n) is 2.84. The monoisotopic (exact) mass is 534 g/mol. The standard InChI is InChI=1S/C29H47ClO3Si2/c1-24(31)16-14-20-29(22-32-34(8,9)27(2,3)4,23-33-35(10,11)28(5,6)7)21-15-18-25-17-12-13-19-26(25)30/h12-13,15,17-19H,20-23H2,1-11H3. The van der Waals surface area contributed by atoms with Gasteiger partial charge in [0.1, 0.15) is 0 Å². The average molecular weight is 535 g/mol. The second kappa shape index (κ2) is 12.4. The zero-order valence-electron chi connectivity index (χ0n) is 23.9. The minimum absolute atomic E-state index is 0.0947. The SMILES string of the molecule is CC(=O)C#CCC(CC=Cc1ccccc1Cl)(CO[Si](C)(C)C(C)(C)C)CO[Si](C)(C)C(C)(C)C. The van der Waals surface area contributed by atoms with Crippen molar-refractivity contribution in [2.24, 2.45) is 5.41 Å². The van der Waals surface area contributed by atoms with Gasteiger partial charge in [-0.15, -0.1) is 0 Å². The average Bonchev–Trinajstić information content (AvgIpc) is 2.70. The first-order valence-electron chi connectivity index (χ1n) is 12.5. The van der Waals surface area contributed by atoms with Gasteiger partial charge in [-0.2, -0.15) is 0 Å². The van der Waals surface area contributed by atoms with Gasteiger partial charge in [0.15, 0.2) is 16.6 Å². The fourth-order valence-corrected chi connectivity index (χ4v) is 5.23. The lowest BCUT2D eigenvalue weighted by molar-refractivity contribution is -0.111. The lowest BCUT2D eigenvalue weighted by atomic mass is 9.82. The molecule has 0 spiro atoms. The van der Waals surface area contributed by atoms with Crippen molar-refractivity contribution in [1.29, 1.82) is 0 Å². The lowest BCUT2D eigenvalue weighted by Gasteiger charge is -2.43. The summed E-state index contributed by atoms with van der Waals surface area (Å²) in [6, 6.07) is 7.82. The Morgan fingerprint density at radius 1 is 0.943 bits per heavy atom. The van der Waals surface area contributed by atoms with E-state index in [1.165, 1.54) is 6.92 Å². The number of ketones is 1. The summed E-state index contributed by atoms with van der Waals surface area (Å²) in [7, 11) is -4.01. The van der Waals surface area contributed by atoms with E-state index in [1.54, 1.807) is 0 Å². The summed E-state index contributed by atoms with van der Waals surface area (Å²) in [6.07, 6.45) is 5.46. The van der Waals surface area contributed by atoms with Gasteiger partial charge in [0.05, 0.1) is 0 Å². The Balaban J connectivity index is 3.39. The van der Waals surface area contributed by atoms with E-state index >= 15 is 0 Å². The molecule has 1 aromatic carbocycles. The van der Waals surface area contributed by atoms with Gasteiger partial charge in [-0.25, -0.2) is 0 Å². The molecule has 1 rings (SSSR count). The molecule has 1 aromatic rings. The maximum absolute atomic E-state index is 11.6. The maximum atomic E-state index is 11.6. The number of carbonyl (C=O) groups excluding carboxylic acids is 1. The van der Waals surface area contributed by atoms with Crippen LogP contribution in [0.3, 0.4) is 0 Å². The number of halogens is 1. The number of benzene rings is 1. The number of hydrogen-bond donors (Lipinski definition) is 0. The molecule has 0 atom stereocenters. The van der Waals surface area contributed by atoms with Crippen LogP contribution >= 0.6 is 11.6 Å². The summed E-state index contributed by atoms with van der Waals surface area (Å²) >= 11 is 6.39. The van der Waals surface area contributed by atoms with E-state index in [9.17, 15) is 4.79 Å². The Morgan fingerprint density at radius 2 is 1.43 bits per heavy atom. The van der Waals surface area contributed by atoms with Crippen molar-refractivity contribution in [1.82, 2.24) is 0 Å². The zero-order chi connectivity index (χ0) is 27.1. The molecule has 196 valence electrons. The number of carbonyl (C=O) groups is 1. The molecule has 0 bridgehead atoms. The van der Waals surface area contributed by atoms with Crippen LogP contribution < -0.4 is 0 Å². The highest BCUT2D eigenvalue weighted by atomic mass is 35.5. The van der Waals surface area contributed by atoms with E-state index in [0.29, 0.717) is 26.1 Å². The maximum Gasteiger partial charge on any atom is 0.202 e. The van der Waals surface area contributed by atoms with Crippen LogP contribution in [0.5, 0.6) is 0 Å². The molecular formula is C29H47ClO3Si2. The largest absolute Gasteiger partial charge is 0.416 e. The highest BCUT2D eigenvalue weighted by molar-refractivity contribution is 6.74. The van der Waals surface area contributed by atoms with Crippen LogP contribution in [0.4, 0.5) is 0 Å². The molecule has 0 saturated carbocycles. The van der Waals surface area contributed by atoms with Gasteiger partial charge in [0.2, 0.25) is 5.78 Å². The summed E-state index contributed by atoms with van der Waals surface area (Å²) in [6.45, 7) is 25.2. The second-order valence-electron chi connectivity index (χ2n) is 12.8. The Bertz CT molecular complexity index is 911. The first kappa shape index (κ1) is 31.9. The first-order valence-corrected chi connectivity index (χ1v) is 18.7. The number of allylic oxidation sites excluding steroid dienone is 1. The molecule has 0 unspecified atom stereocenters. The third-order valence-electron chi connectivity index (χ3n) is 7.57. The van der Waals surface area contributed by atoms with Gasteiger partial charge >= 0.3 is 0 Å². The molecule has 0 fully saturated rings. The van der Waals surface area contributed by atoms with E-state index in [1.807, 2.05) is 24.3 Å². The molecule has 0 aliphatic heterocycles. The van der Waals surface area contributed by atoms with Crippen molar-refractivity contribution in [2.75, 3.05) is 13.2 Å². The molecule has 0 aromatic heterocycles. The summed E-state index contributed by atoms with van der Waals surface area (Å²) in [5.74, 6) is 5.77. The Kier molecular flexibility index (Phi) is 11.3. The van der Waals surface area contributed by atoms with Crippen molar-refractivity contribution in [3.05, 3.63) is 40.9 Å². The predicted octanol–water partition coefficient (Wildman–Crippen LogP) is 8.76. The van der Waals surface area contributed by atoms with E-state index in [0.717, 1.165) is 10.6 Å². The number of rotatable bonds is 10. The molecule has 0 aliphatic rings. The summed E-state index contributed by atoms with van der Waals surface area (Å²) < 4.78 is 13.5. The van der Waals surface area contributed by atoms with E-state index < -0.39 is 16.6 Å².